The van der Waals surface area contributed by atoms with Gasteiger partial charge in [0, 0.05) is 12.7 Å². The summed E-state index contributed by atoms with van der Waals surface area (Å²) in [5.41, 5.74) is 2.69. The second-order valence-electron chi connectivity index (χ2n) is 4.33. The summed E-state index contributed by atoms with van der Waals surface area (Å²) in [4.78, 5) is 0.119. The maximum absolute atomic E-state index is 12.2. The van der Waals surface area contributed by atoms with E-state index in [1.165, 1.54) is 10.9 Å². The lowest BCUT2D eigenvalue weighted by Crippen LogP contribution is -2.13. The third-order valence-corrected chi connectivity index (χ3v) is 5.47. The molecule has 0 aliphatic rings. The first kappa shape index (κ1) is 14.1. The van der Waals surface area contributed by atoms with Gasteiger partial charge in [0.05, 0.1) is 6.20 Å². The van der Waals surface area contributed by atoms with Crippen LogP contribution < -0.4 is 4.72 Å². The van der Waals surface area contributed by atoms with Gasteiger partial charge in [0.15, 0.2) is 0 Å². The number of hydrogen-bond acceptors (Lipinski definition) is 3. The normalized spacial score (nSPS) is 11.6. The van der Waals surface area contributed by atoms with Crippen LogP contribution in [0.3, 0.4) is 0 Å². The van der Waals surface area contributed by atoms with Crippen LogP contribution in [-0.4, -0.2) is 18.2 Å². The van der Waals surface area contributed by atoms with Crippen molar-refractivity contribution in [2.24, 2.45) is 7.05 Å². The van der Waals surface area contributed by atoms with E-state index in [0.29, 0.717) is 10.3 Å². The number of halogens is 1. The van der Waals surface area contributed by atoms with Gasteiger partial charge < -0.3 is 0 Å². The Balaban J connectivity index is 2.36. The van der Waals surface area contributed by atoms with Gasteiger partial charge in [-0.1, -0.05) is 6.07 Å². The summed E-state index contributed by atoms with van der Waals surface area (Å²) >= 11 is 3.21. The third-order valence-electron chi connectivity index (χ3n) is 2.88. The molecule has 0 saturated heterocycles. The standard InChI is InChI=1S/C12H14BrN3O2S/c1-8-4-5-10(6-9(8)2)15-19(17,18)11-7-14-16(3)12(11)13/h4-7,15H,1-3H3. The van der Waals surface area contributed by atoms with E-state index in [1.54, 1.807) is 19.2 Å². The Bertz CT molecular complexity index is 723. The average Bonchev–Trinajstić information content (AvgIpc) is 2.65. The van der Waals surface area contributed by atoms with Crippen LogP contribution >= 0.6 is 15.9 Å². The van der Waals surface area contributed by atoms with Gasteiger partial charge in [-0.25, -0.2) is 8.42 Å². The summed E-state index contributed by atoms with van der Waals surface area (Å²) in [6, 6.07) is 5.42. The fraction of sp³-hybridized carbons (Fsp3) is 0.250. The van der Waals surface area contributed by atoms with Gasteiger partial charge in [-0.05, 0) is 53.0 Å². The second-order valence-corrected chi connectivity index (χ2v) is 6.73. The smallest absolute Gasteiger partial charge is 0.266 e. The summed E-state index contributed by atoms with van der Waals surface area (Å²) in [6.45, 7) is 3.92. The molecule has 5 nitrogen and oxygen atoms in total. The van der Waals surface area contributed by atoms with Crippen LogP contribution in [0.2, 0.25) is 0 Å². The molecule has 0 fully saturated rings. The monoisotopic (exact) mass is 343 g/mol. The minimum atomic E-state index is -3.63. The second kappa shape index (κ2) is 4.97. The van der Waals surface area contributed by atoms with Crippen LogP contribution in [0, 0.1) is 13.8 Å². The van der Waals surface area contributed by atoms with Crippen LogP contribution in [-0.2, 0) is 17.1 Å². The molecule has 0 radical (unpaired) electrons. The van der Waals surface area contributed by atoms with E-state index in [2.05, 4.69) is 25.8 Å². The summed E-state index contributed by atoms with van der Waals surface area (Å²) < 4.78 is 28.9. The summed E-state index contributed by atoms with van der Waals surface area (Å²) in [6.07, 6.45) is 1.31. The highest BCUT2D eigenvalue weighted by molar-refractivity contribution is 9.10. The van der Waals surface area contributed by atoms with Crippen molar-refractivity contribution in [1.29, 1.82) is 0 Å². The topological polar surface area (TPSA) is 64.0 Å². The number of aromatic nitrogens is 2. The largest absolute Gasteiger partial charge is 0.279 e. The molecule has 19 heavy (non-hydrogen) atoms. The number of benzene rings is 1. The van der Waals surface area contributed by atoms with Crippen molar-refractivity contribution in [3.63, 3.8) is 0 Å². The Labute approximate surface area is 120 Å². The Kier molecular flexibility index (Phi) is 3.69. The van der Waals surface area contributed by atoms with Gasteiger partial charge in [-0.15, -0.1) is 0 Å². The Morgan fingerprint density at radius 3 is 2.47 bits per heavy atom. The predicted molar refractivity (Wildman–Crippen MR) is 77.6 cm³/mol. The molecule has 2 aromatic rings. The molecule has 1 N–H and O–H groups in total. The Morgan fingerprint density at radius 1 is 1.26 bits per heavy atom. The molecule has 0 aliphatic carbocycles. The molecular formula is C12H14BrN3O2S. The molecule has 102 valence electrons. The zero-order valence-electron chi connectivity index (χ0n) is 10.8. The van der Waals surface area contributed by atoms with Crippen molar-refractivity contribution >= 4 is 31.6 Å². The van der Waals surface area contributed by atoms with E-state index in [-0.39, 0.29) is 4.90 Å². The zero-order valence-corrected chi connectivity index (χ0v) is 13.2. The van der Waals surface area contributed by atoms with E-state index in [1.807, 2.05) is 19.9 Å². The quantitative estimate of drug-likeness (QED) is 0.931. The van der Waals surface area contributed by atoms with Gasteiger partial charge in [0.25, 0.3) is 10.0 Å². The van der Waals surface area contributed by atoms with Gasteiger partial charge in [0.2, 0.25) is 0 Å². The molecule has 1 heterocycles. The minimum absolute atomic E-state index is 0.119. The van der Waals surface area contributed by atoms with Crippen molar-refractivity contribution in [3.8, 4) is 0 Å². The molecule has 1 aromatic heterocycles. The molecule has 0 bridgehead atoms. The first-order chi connectivity index (χ1) is 8.81. The molecule has 1 aromatic carbocycles. The van der Waals surface area contributed by atoms with Crippen LogP contribution in [0.5, 0.6) is 0 Å². The van der Waals surface area contributed by atoms with Crippen molar-refractivity contribution in [2.75, 3.05) is 4.72 Å². The molecule has 2 rings (SSSR count). The lowest BCUT2D eigenvalue weighted by Gasteiger charge is -2.09. The maximum atomic E-state index is 12.2. The van der Waals surface area contributed by atoms with Crippen LogP contribution in [0.4, 0.5) is 5.69 Å². The first-order valence-corrected chi connectivity index (χ1v) is 7.86. The van der Waals surface area contributed by atoms with Crippen LogP contribution in [0.25, 0.3) is 0 Å². The highest BCUT2D eigenvalue weighted by atomic mass is 79.9. The SMILES string of the molecule is Cc1ccc(NS(=O)(=O)c2cnn(C)c2Br)cc1C. The number of anilines is 1. The summed E-state index contributed by atoms with van der Waals surface area (Å²) in [5, 5.41) is 3.91. The van der Waals surface area contributed by atoms with E-state index in [4.69, 9.17) is 0 Å². The van der Waals surface area contributed by atoms with Crippen LogP contribution in [0.15, 0.2) is 33.9 Å². The minimum Gasteiger partial charge on any atom is -0.279 e. The average molecular weight is 344 g/mol. The van der Waals surface area contributed by atoms with Crippen molar-refractivity contribution < 1.29 is 8.42 Å². The highest BCUT2D eigenvalue weighted by Crippen LogP contribution is 2.24. The maximum Gasteiger partial charge on any atom is 0.266 e. The molecular weight excluding hydrogens is 330 g/mol. The molecule has 0 amide bonds. The molecule has 0 atom stereocenters. The van der Waals surface area contributed by atoms with Crippen molar-refractivity contribution in [3.05, 3.63) is 40.1 Å². The number of hydrogen-bond donors (Lipinski definition) is 1. The van der Waals surface area contributed by atoms with Crippen molar-refractivity contribution in [2.45, 2.75) is 18.7 Å². The molecule has 0 unspecified atom stereocenters. The number of nitrogens with zero attached hydrogens (tertiary/aromatic N) is 2. The van der Waals surface area contributed by atoms with Crippen LogP contribution in [0.1, 0.15) is 11.1 Å². The van der Waals surface area contributed by atoms with E-state index < -0.39 is 10.0 Å². The summed E-state index contributed by atoms with van der Waals surface area (Å²) in [7, 11) is -1.97. The fourth-order valence-electron chi connectivity index (χ4n) is 1.60. The predicted octanol–water partition coefficient (Wildman–Crippen LogP) is 2.60. The number of rotatable bonds is 3. The van der Waals surface area contributed by atoms with Crippen molar-refractivity contribution in [1.82, 2.24) is 9.78 Å². The number of aryl methyl sites for hydroxylation is 3. The molecule has 0 aliphatic heterocycles. The number of nitrogens with one attached hydrogen (secondary N) is 1. The van der Waals surface area contributed by atoms with E-state index >= 15 is 0 Å². The molecule has 0 saturated carbocycles. The fourth-order valence-corrected chi connectivity index (χ4v) is 3.52. The Hall–Kier alpha value is -1.34. The van der Waals surface area contributed by atoms with Gasteiger partial charge in [0.1, 0.15) is 9.50 Å². The number of sulfonamides is 1. The van der Waals surface area contributed by atoms with E-state index in [9.17, 15) is 8.42 Å². The highest BCUT2D eigenvalue weighted by Gasteiger charge is 2.21. The lowest BCUT2D eigenvalue weighted by molar-refractivity contribution is 0.600. The van der Waals surface area contributed by atoms with Gasteiger partial charge in [-0.3, -0.25) is 9.40 Å². The molecule has 0 spiro atoms. The van der Waals surface area contributed by atoms with E-state index in [0.717, 1.165) is 11.1 Å². The molecule has 7 heteroatoms. The third kappa shape index (κ3) is 2.82. The van der Waals surface area contributed by atoms with Gasteiger partial charge >= 0.3 is 0 Å². The summed E-state index contributed by atoms with van der Waals surface area (Å²) in [5.74, 6) is 0. The lowest BCUT2D eigenvalue weighted by atomic mass is 10.1. The first-order valence-electron chi connectivity index (χ1n) is 5.59. The Morgan fingerprint density at radius 2 is 1.95 bits per heavy atom. The zero-order chi connectivity index (χ0) is 14.2. The van der Waals surface area contributed by atoms with Gasteiger partial charge in [-0.2, -0.15) is 5.10 Å².